The minimum atomic E-state index is -0.217. The van der Waals surface area contributed by atoms with Crippen molar-refractivity contribution in [3.63, 3.8) is 0 Å². The van der Waals surface area contributed by atoms with Crippen molar-refractivity contribution >= 4 is 0 Å². The number of H-pyrrole nitrogens is 1. The second kappa shape index (κ2) is 9.74. The van der Waals surface area contributed by atoms with Crippen LogP contribution in [-0.4, -0.2) is 15.1 Å². The molecule has 0 atom stereocenters. The molecular formula is C19H34N2O2. The van der Waals surface area contributed by atoms with Gasteiger partial charge in [-0.1, -0.05) is 72.6 Å². The SMILES string of the molecule is CCCCCCc1c(O)nc(C(C)(C)CCCCCC)[nH]c1=O. The van der Waals surface area contributed by atoms with Gasteiger partial charge in [-0.15, -0.1) is 0 Å². The van der Waals surface area contributed by atoms with Gasteiger partial charge in [-0.2, -0.15) is 4.98 Å². The molecule has 0 saturated carbocycles. The second-order valence-corrected chi connectivity index (χ2v) is 7.22. The first-order chi connectivity index (χ1) is 10.9. The third-order valence-corrected chi connectivity index (χ3v) is 4.57. The maximum atomic E-state index is 12.3. The molecule has 1 aromatic rings. The number of aromatic nitrogens is 2. The second-order valence-electron chi connectivity index (χ2n) is 7.22. The third-order valence-electron chi connectivity index (χ3n) is 4.57. The molecule has 132 valence electrons. The largest absolute Gasteiger partial charge is 0.493 e. The van der Waals surface area contributed by atoms with Gasteiger partial charge in [-0.05, 0) is 19.3 Å². The Morgan fingerprint density at radius 1 is 1.00 bits per heavy atom. The van der Waals surface area contributed by atoms with Gasteiger partial charge in [-0.25, -0.2) is 0 Å². The van der Waals surface area contributed by atoms with Crippen molar-refractivity contribution in [2.45, 2.75) is 97.3 Å². The van der Waals surface area contributed by atoms with E-state index in [1.54, 1.807) is 0 Å². The van der Waals surface area contributed by atoms with Crippen molar-refractivity contribution in [3.8, 4) is 5.88 Å². The topological polar surface area (TPSA) is 66.0 Å². The van der Waals surface area contributed by atoms with Crippen LogP contribution in [0.3, 0.4) is 0 Å². The van der Waals surface area contributed by atoms with Crippen LogP contribution in [0.5, 0.6) is 5.88 Å². The quantitative estimate of drug-likeness (QED) is 0.572. The summed E-state index contributed by atoms with van der Waals surface area (Å²) in [6.45, 7) is 8.51. The smallest absolute Gasteiger partial charge is 0.257 e. The molecule has 23 heavy (non-hydrogen) atoms. The van der Waals surface area contributed by atoms with Crippen molar-refractivity contribution in [2.24, 2.45) is 0 Å². The van der Waals surface area contributed by atoms with Gasteiger partial charge in [0.15, 0.2) is 0 Å². The average Bonchev–Trinajstić information content (AvgIpc) is 2.50. The third kappa shape index (κ3) is 6.36. The number of hydrogen-bond acceptors (Lipinski definition) is 3. The molecule has 0 amide bonds. The fourth-order valence-corrected chi connectivity index (χ4v) is 2.87. The molecule has 1 rings (SSSR count). The molecule has 1 aromatic heterocycles. The predicted molar refractivity (Wildman–Crippen MR) is 96.2 cm³/mol. The van der Waals surface area contributed by atoms with Crippen LogP contribution in [0, 0.1) is 0 Å². The Labute approximate surface area is 140 Å². The van der Waals surface area contributed by atoms with Gasteiger partial charge in [-0.3, -0.25) is 4.79 Å². The molecule has 4 heteroatoms. The summed E-state index contributed by atoms with van der Waals surface area (Å²) in [5.41, 5.74) is 0.0442. The first-order valence-corrected chi connectivity index (χ1v) is 9.25. The van der Waals surface area contributed by atoms with Gasteiger partial charge in [0.2, 0.25) is 5.88 Å². The number of hydrogen-bond donors (Lipinski definition) is 2. The van der Waals surface area contributed by atoms with Crippen molar-refractivity contribution in [2.75, 3.05) is 0 Å². The molecule has 1 heterocycles. The lowest BCUT2D eigenvalue weighted by atomic mass is 9.85. The van der Waals surface area contributed by atoms with E-state index in [0.717, 1.165) is 38.5 Å². The highest BCUT2D eigenvalue weighted by Gasteiger charge is 2.25. The molecule has 0 saturated heterocycles. The van der Waals surface area contributed by atoms with Crippen LogP contribution in [-0.2, 0) is 11.8 Å². The van der Waals surface area contributed by atoms with Crippen molar-refractivity contribution in [3.05, 3.63) is 21.7 Å². The highest BCUT2D eigenvalue weighted by Crippen LogP contribution is 2.27. The zero-order valence-electron chi connectivity index (χ0n) is 15.4. The van der Waals surface area contributed by atoms with E-state index in [4.69, 9.17) is 0 Å². The molecule has 0 aliphatic carbocycles. The van der Waals surface area contributed by atoms with Crippen LogP contribution >= 0.6 is 0 Å². The van der Waals surface area contributed by atoms with Crippen LogP contribution in [0.4, 0.5) is 0 Å². The van der Waals surface area contributed by atoms with E-state index in [-0.39, 0.29) is 16.9 Å². The molecule has 0 fully saturated rings. The zero-order valence-corrected chi connectivity index (χ0v) is 15.4. The van der Waals surface area contributed by atoms with E-state index in [1.807, 2.05) is 0 Å². The molecule has 0 unspecified atom stereocenters. The number of unbranched alkanes of at least 4 members (excludes halogenated alkanes) is 6. The lowest BCUT2D eigenvalue weighted by molar-refractivity contribution is 0.394. The first kappa shape index (κ1) is 19.7. The molecular weight excluding hydrogens is 288 g/mol. The number of aromatic amines is 1. The standard InChI is InChI=1S/C19H34N2O2/c1-5-7-9-11-13-15-16(22)20-18(21-17(15)23)19(3,4)14-12-10-8-6-2/h5-14H2,1-4H3,(H2,20,21,22,23). The molecule has 0 spiro atoms. The summed E-state index contributed by atoms with van der Waals surface area (Å²) in [6, 6.07) is 0. The van der Waals surface area contributed by atoms with Gasteiger partial charge in [0.25, 0.3) is 5.56 Å². The van der Waals surface area contributed by atoms with Gasteiger partial charge in [0, 0.05) is 5.41 Å². The van der Waals surface area contributed by atoms with Gasteiger partial charge in [0.1, 0.15) is 5.82 Å². The van der Waals surface area contributed by atoms with Crippen molar-refractivity contribution in [1.29, 1.82) is 0 Å². The van der Waals surface area contributed by atoms with E-state index in [9.17, 15) is 9.90 Å². The van der Waals surface area contributed by atoms with Crippen LogP contribution in [0.25, 0.3) is 0 Å². The highest BCUT2D eigenvalue weighted by molar-refractivity contribution is 5.24. The molecule has 0 aliphatic rings. The van der Waals surface area contributed by atoms with Gasteiger partial charge in [0.05, 0.1) is 5.56 Å². The predicted octanol–water partition coefficient (Wildman–Crippen LogP) is 4.85. The van der Waals surface area contributed by atoms with Crippen LogP contribution in [0.15, 0.2) is 4.79 Å². The summed E-state index contributed by atoms with van der Waals surface area (Å²) < 4.78 is 0. The Morgan fingerprint density at radius 3 is 2.17 bits per heavy atom. The van der Waals surface area contributed by atoms with Crippen molar-refractivity contribution < 1.29 is 5.11 Å². The summed E-state index contributed by atoms with van der Waals surface area (Å²) in [5.74, 6) is 0.524. The Balaban J connectivity index is 2.76. The van der Waals surface area contributed by atoms with E-state index in [0.29, 0.717) is 17.8 Å². The summed E-state index contributed by atoms with van der Waals surface area (Å²) in [7, 11) is 0. The molecule has 0 aliphatic heterocycles. The number of nitrogens with zero attached hydrogens (tertiary/aromatic N) is 1. The summed E-state index contributed by atoms with van der Waals surface area (Å²) in [4.78, 5) is 19.5. The highest BCUT2D eigenvalue weighted by atomic mass is 16.3. The Morgan fingerprint density at radius 2 is 1.61 bits per heavy atom. The number of aromatic hydroxyl groups is 1. The Hall–Kier alpha value is -1.32. The van der Waals surface area contributed by atoms with E-state index >= 15 is 0 Å². The van der Waals surface area contributed by atoms with Gasteiger partial charge >= 0.3 is 0 Å². The zero-order chi connectivity index (χ0) is 17.3. The summed E-state index contributed by atoms with van der Waals surface area (Å²) in [6.07, 6.45) is 10.7. The van der Waals surface area contributed by atoms with Gasteiger partial charge < -0.3 is 10.1 Å². The number of rotatable bonds is 11. The lowest BCUT2D eigenvalue weighted by Gasteiger charge is -2.24. The first-order valence-electron chi connectivity index (χ1n) is 9.25. The van der Waals surface area contributed by atoms with E-state index in [1.165, 1.54) is 19.3 Å². The molecule has 4 nitrogen and oxygen atoms in total. The van der Waals surface area contributed by atoms with E-state index in [2.05, 4.69) is 37.7 Å². The normalized spacial score (nSPS) is 11.8. The fraction of sp³-hybridized carbons (Fsp3) is 0.789. The van der Waals surface area contributed by atoms with Crippen LogP contribution in [0.1, 0.15) is 96.9 Å². The average molecular weight is 322 g/mol. The fourth-order valence-electron chi connectivity index (χ4n) is 2.87. The van der Waals surface area contributed by atoms with Crippen LogP contribution < -0.4 is 5.56 Å². The number of nitrogens with one attached hydrogen (secondary N) is 1. The monoisotopic (exact) mass is 322 g/mol. The molecule has 0 bridgehead atoms. The molecule has 0 aromatic carbocycles. The van der Waals surface area contributed by atoms with Crippen LogP contribution in [0.2, 0.25) is 0 Å². The summed E-state index contributed by atoms with van der Waals surface area (Å²) >= 11 is 0. The minimum Gasteiger partial charge on any atom is -0.493 e. The maximum Gasteiger partial charge on any atom is 0.257 e. The van der Waals surface area contributed by atoms with E-state index < -0.39 is 0 Å². The Bertz CT molecular complexity index is 521. The lowest BCUT2D eigenvalue weighted by Crippen LogP contribution is -2.26. The summed E-state index contributed by atoms with van der Waals surface area (Å²) in [5, 5.41) is 10.2. The molecule has 2 N–H and O–H groups in total. The maximum absolute atomic E-state index is 12.3. The van der Waals surface area contributed by atoms with Crippen molar-refractivity contribution in [1.82, 2.24) is 9.97 Å². The molecule has 0 radical (unpaired) electrons. The Kier molecular flexibility index (Phi) is 8.35. The minimum absolute atomic E-state index is 0.0816.